The first-order valence-electron chi connectivity index (χ1n) is 4.45. The van der Waals surface area contributed by atoms with E-state index in [0.717, 1.165) is 7.11 Å². The number of carboxylic acids is 1. The molecular formula is C8H14O9. The van der Waals surface area contributed by atoms with Crippen LogP contribution in [0.5, 0.6) is 0 Å². The second-order valence-corrected chi connectivity index (χ2v) is 3.22. The maximum absolute atomic E-state index is 10.8. The summed E-state index contributed by atoms with van der Waals surface area (Å²) in [7, 11) is 0.910. The van der Waals surface area contributed by atoms with Crippen LogP contribution in [0.25, 0.3) is 0 Å². The molecule has 0 spiro atoms. The highest BCUT2D eigenvalue weighted by Crippen LogP contribution is 2.09. The van der Waals surface area contributed by atoms with E-state index >= 15 is 0 Å². The third-order valence-corrected chi connectivity index (χ3v) is 2.04. The maximum atomic E-state index is 10.8. The van der Waals surface area contributed by atoms with Crippen LogP contribution in [0.4, 0.5) is 0 Å². The lowest BCUT2D eigenvalue weighted by molar-refractivity contribution is -0.177. The van der Waals surface area contributed by atoms with Crippen molar-refractivity contribution in [2.45, 2.75) is 30.5 Å². The first-order chi connectivity index (χ1) is 7.73. The van der Waals surface area contributed by atoms with Gasteiger partial charge in [-0.25, -0.2) is 9.59 Å². The molecule has 5 unspecified atom stereocenters. The van der Waals surface area contributed by atoms with Gasteiger partial charge < -0.3 is 35.4 Å². The van der Waals surface area contributed by atoms with E-state index in [1.807, 2.05) is 0 Å². The van der Waals surface area contributed by atoms with Crippen molar-refractivity contribution in [2.75, 3.05) is 7.11 Å². The Bertz CT molecular complexity index is 278. The van der Waals surface area contributed by atoms with Crippen LogP contribution in [0.15, 0.2) is 0 Å². The molecule has 0 bridgehead atoms. The predicted octanol–water partition coefficient (Wildman–Crippen LogP) is -3.95. The van der Waals surface area contributed by atoms with Gasteiger partial charge in [-0.2, -0.15) is 0 Å². The van der Waals surface area contributed by atoms with Crippen molar-refractivity contribution in [1.82, 2.24) is 0 Å². The summed E-state index contributed by atoms with van der Waals surface area (Å²) >= 11 is 0. The minimum absolute atomic E-state index is 0.910. The van der Waals surface area contributed by atoms with Crippen molar-refractivity contribution < 1.29 is 45.0 Å². The van der Waals surface area contributed by atoms with Crippen molar-refractivity contribution in [1.29, 1.82) is 0 Å². The number of methoxy groups -OCH3 is 1. The van der Waals surface area contributed by atoms with Crippen molar-refractivity contribution >= 4 is 11.9 Å². The molecule has 9 nitrogen and oxygen atoms in total. The molecule has 100 valence electrons. The fourth-order valence-electron chi connectivity index (χ4n) is 0.982. The number of rotatable bonds is 6. The smallest absolute Gasteiger partial charge is 0.337 e. The van der Waals surface area contributed by atoms with Gasteiger partial charge in [-0.3, -0.25) is 0 Å². The predicted molar refractivity (Wildman–Crippen MR) is 49.7 cm³/mol. The van der Waals surface area contributed by atoms with Gasteiger partial charge in [0.2, 0.25) is 0 Å². The Morgan fingerprint density at radius 1 is 0.882 bits per heavy atom. The molecule has 0 aromatic rings. The highest BCUT2D eigenvalue weighted by atomic mass is 16.5. The Balaban J connectivity index is 4.63. The lowest BCUT2D eigenvalue weighted by Crippen LogP contribution is -2.53. The lowest BCUT2D eigenvalue weighted by Gasteiger charge is -2.26. The van der Waals surface area contributed by atoms with E-state index in [4.69, 9.17) is 20.4 Å². The van der Waals surface area contributed by atoms with Gasteiger partial charge in [0, 0.05) is 0 Å². The highest BCUT2D eigenvalue weighted by molar-refractivity contribution is 5.75. The van der Waals surface area contributed by atoms with Crippen molar-refractivity contribution in [3.63, 3.8) is 0 Å². The quantitative estimate of drug-likeness (QED) is 0.259. The van der Waals surface area contributed by atoms with Gasteiger partial charge in [0.05, 0.1) is 7.11 Å². The number of carbonyl (C=O) groups is 2. The average molecular weight is 254 g/mol. The Morgan fingerprint density at radius 2 is 1.29 bits per heavy atom. The van der Waals surface area contributed by atoms with E-state index in [2.05, 4.69) is 4.74 Å². The first kappa shape index (κ1) is 15.7. The second kappa shape index (κ2) is 6.47. The molecule has 0 fully saturated rings. The largest absolute Gasteiger partial charge is 0.479 e. The minimum atomic E-state index is -2.37. The van der Waals surface area contributed by atoms with Crippen LogP contribution >= 0.6 is 0 Å². The fourth-order valence-corrected chi connectivity index (χ4v) is 0.982. The number of carboxylic acid groups (broad SMARTS) is 1. The molecule has 0 heterocycles. The van der Waals surface area contributed by atoms with Crippen molar-refractivity contribution in [3.8, 4) is 0 Å². The van der Waals surface area contributed by atoms with E-state index in [1.54, 1.807) is 0 Å². The topological polar surface area (TPSA) is 165 Å². The third-order valence-electron chi connectivity index (χ3n) is 2.04. The van der Waals surface area contributed by atoms with Crippen LogP contribution in [0.3, 0.4) is 0 Å². The molecule has 0 aliphatic heterocycles. The number of carbonyl (C=O) groups excluding carboxylic acids is 1. The standard InChI is InChI=1S/C8H14O9/c1-17-8(16)6(13)4(11)2(9)3(10)5(12)7(14)15/h2-6,9-13H,1H3,(H,14,15). The van der Waals surface area contributed by atoms with Gasteiger partial charge in [-0.1, -0.05) is 0 Å². The molecule has 0 aromatic carbocycles. The Hall–Kier alpha value is -1.26. The molecule has 0 amide bonds. The molecule has 0 aliphatic rings. The number of hydrogen-bond acceptors (Lipinski definition) is 8. The van der Waals surface area contributed by atoms with Crippen LogP contribution in [-0.2, 0) is 14.3 Å². The number of hydrogen-bond donors (Lipinski definition) is 6. The second-order valence-electron chi connectivity index (χ2n) is 3.22. The molecule has 6 N–H and O–H groups in total. The van der Waals surface area contributed by atoms with Gasteiger partial charge in [0.25, 0.3) is 0 Å². The normalized spacial score (nSPS) is 19.9. The summed E-state index contributed by atoms with van der Waals surface area (Å²) in [5.41, 5.74) is 0. The number of ether oxygens (including phenoxy) is 1. The molecule has 0 rings (SSSR count). The molecule has 0 radical (unpaired) electrons. The monoisotopic (exact) mass is 254 g/mol. The summed E-state index contributed by atoms with van der Waals surface area (Å²) in [5.74, 6) is -3.12. The fraction of sp³-hybridized carbons (Fsp3) is 0.750. The Kier molecular flexibility index (Phi) is 5.99. The lowest BCUT2D eigenvalue weighted by atomic mass is 9.99. The van der Waals surface area contributed by atoms with E-state index in [9.17, 15) is 19.8 Å². The zero-order valence-electron chi connectivity index (χ0n) is 8.79. The average Bonchev–Trinajstić information content (AvgIpc) is 2.32. The van der Waals surface area contributed by atoms with Gasteiger partial charge in [0.15, 0.2) is 12.2 Å². The summed E-state index contributed by atoms with van der Waals surface area (Å²) in [6.45, 7) is 0. The molecule has 17 heavy (non-hydrogen) atoms. The molecule has 9 heteroatoms. The molecule has 0 saturated heterocycles. The third kappa shape index (κ3) is 3.91. The van der Waals surface area contributed by atoms with Gasteiger partial charge in [-0.05, 0) is 0 Å². The number of aliphatic hydroxyl groups is 5. The summed E-state index contributed by atoms with van der Waals surface area (Å²) in [4.78, 5) is 21.1. The highest BCUT2D eigenvalue weighted by Gasteiger charge is 2.39. The Labute approximate surface area is 95.5 Å². The summed E-state index contributed by atoms with van der Waals surface area (Å²) in [6.07, 6.45) is -11.3. The molecular weight excluding hydrogens is 240 g/mol. The number of aliphatic carboxylic acids is 1. The van der Waals surface area contributed by atoms with Crippen LogP contribution in [0.2, 0.25) is 0 Å². The van der Waals surface area contributed by atoms with Gasteiger partial charge >= 0.3 is 11.9 Å². The summed E-state index contributed by atoms with van der Waals surface area (Å²) in [5, 5.41) is 53.9. The summed E-state index contributed by atoms with van der Waals surface area (Å²) < 4.78 is 4.05. The van der Waals surface area contributed by atoms with E-state index in [-0.39, 0.29) is 0 Å². The summed E-state index contributed by atoms with van der Waals surface area (Å²) in [6, 6.07) is 0. The van der Waals surface area contributed by atoms with Crippen molar-refractivity contribution in [3.05, 3.63) is 0 Å². The molecule has 5 atom stereocenters. The van der Waals surface area contributed by atoms with E-state index in [1.165, 1.54) is 0 Å². The van der Waals surface area contributed by atoms with Gasteiger partial charge in [-0.15, -0.1) is 0 Å². The number of esters is 1. The van der Waals surface area contributed by atoms with Crippen LogP contribution in [-0.4, -0.2) is 80.2 Å². The molecule has 0 saturated carbocycles. The van der Waals surface area contributed by atoms with Crippen molar-refractivity contribution in [2.24, 2.45) is 0 Å². The maximum Gasteiger partial charge on any atom is 0.337 e. The van der Waals surface area contributed by atoms with Crippen LogP contribution in [0, 0.1) is 0 Å². The minimum Gasteiger partial charge on any atom is -0.479 e. The van der Waals surface area contributed by atoms with E-state index < -0.39 is 42.5 Å². The van der Waals surface area contributed by atoms with Crippen LogP contribution < -0.4 is 0 Å². The van der Waals surface area contributed by atoms with E-state index in [0.29, 0.717) is 0 Å². The Morgan fingerprint density at radius 3 is 1.65 bits per heavy atom. The molecule has 0 aromatic heterocycles. The molecule has 0 aliphatic carbocycles. The number of aliphatic hydroxyl groups excluding tert-OH is 5. The zero-order chi connectivity index (χ0) is 13.7. The zero-order valence-corrected chi connectivity index (χ0v) is 8.79. The first-order valence-corrected chi connectivity index (χ1v) is 4.45. The SMILES string of the molecule is COC(=O)C(O)C(O)C(O)C(O)C(O)C(=O)O. The van der Waals surface area contributed by atoms with Crippen LogP contribution in [0.1, 0.15) is 0 Å². The van der Waals surface area contributed by atoms with Gasteiger partial charge in [0.1, 0.15) is 18.3 Å².